The maximum absolute atomic E-state index is 12.5. The molecule has 1 atom stereocenters. The highest BCUT2D eigenvalue weighted by Crippen LogP contribution is 2.37. The van der Waals surface area contributed by atoms with Crippen molar-refractivity contribution in [1.29, 1.82) is 0 Å². The van der Waals surface area contributed by atoms with Gasteiger partial charge in [-0.05, 0) is 39.5 Å². The van der Waals surface area contributed by atoms with E-state index in [0.29, 0.717) is 24.4 Å². The summed E-state index contributed by atoms with van der Waals surface area (Å²) in [5, 5.41) is 11.0. The van der Waals surface area contributed by atoms with Crippen LogP contribution < -0.4 is 9.64 Å². The van der Waals surface area contributed by atoms with E-state index in [1.54, 1.807) is 11.0 Å². The van der Waals surface area contributed by atoms with E-state index in [9.17, 15) is 14.9 Å². The number of non-ortho nitro benzene ring substituents is 1. The second-order valence-corrected chi connectivity index (χ2v) is 5.57. The molecule has 0 N–H and O–H groups in total. The molecule has 7 heteroatoms. The molecule has 2 rings (SSSR count). The highest BCUT2D eigenvalue weighted by atomic mass is 16.6. The number of nitrogens with zero attached hydrogens (tertiary/aromatic N) is 3. The highest BCUT2D eigenvalue weighted by molar-refractivity contribution is 6.00. The van der Waals surface area contributed by atoms with Gasteiger partial charge in [0, 0.05) is 18.7 Å². The highest BCUT2D eigenvalue weighted by Gasteiger charge is 2.34. The molecular weight excluding hydrogens is 286 g/mol. The Morgan fingerprint density at radius 1 is 1.41 bits per heavy atom. The van der Waals surface area contributed by atoms with Crippen LogP contribution in [0.2, 0.25) is 0 Å². The van der Waals surface area contributed by atoms with E-state index in [1.165, 1.54) is 12.1 Å². The van der Waals surface area contributed by atoms with Gasteiger partial charge in [0.2, 0.25) is 0 Å². The zero-order valence-electron chi connectivity index (χ0n) is 13.1. The number of rotatable bonds is 6. The first-order valence-corrected chi connectivity index (χ1v) is 7.35. The maximum Gasteiger partial charge on any atom is 0.271 e. The minimum absolute atomic E-state index is 0.0392. The monoisotopic (exact) mass is 307 g/mol. The van der Waals surface area contributed by atoms with Crippen molar-refractivity contribution in [3.8, 4) is 5.75 Å². The van der Waals surface area contributed by atoms with Crippen LogP contribution in [-0.2, 0) is 4.79 Å². The molecule has 120 valence electrons. The number of carbonyl (C=O) groups is 1. The van der Waals surface area contributed by atoms with Gasteiger partial charge in [-0.25, -0.2) is 0 Å². The SMILES string of the molecule is CCC1Oc2ccc([N+](=O)[O-])cc2N(CCCN(C)C)C1=O. The lowest BCUT2D eigenvalue weighted by Crippen LogP contribution is -2.46. The predicted octanol–water partition coefficient (Wildman–Crippen LogP) is 2.05. The van der Waals surface area contributed by atoms with E-state index >= 15 is 0 Å². The van der Waals surface area contributed by atoms with Gasteiger partial charge in [-0.2, -0.15) is 0 Å². The Balaban J connectivity index is 2.31. The molecule has 22 heavy (non-hydrogen) atoms. The van der Waals surface area contributed by atoms with Gasteiger partial charge < -0.3 is 14.5 Å². The van der Waals surface area contributed by atoms with Crippen molar-refractivity contribution in [1.82, 2.24) is 4.90 Å². The Morgan fingerprint density at radius 2 is 2.14 bits per heavy atom. The maximum atomic E-state index is 12.5. The minimum Gasteiger partial charge on any atom is -0.478 e. The second kappa shape index (κ2) is 6.74. The molecule has 0 saturated heterocycles. The first-order chi connectivity index (χ1) is 10.4. The molecule has 0 bridgehead atoms. The summed E-state index contributed by atoms with van der Waals surface area (Å²) in [6.45, 7) is 3.24. The molecule has 1 aliphatic rings. The number of benzene rings is 1. The standard InChI is InChI=1S/C15H21N3O4/c1-4-13-15(19)17(9-5-8-16(2)3)12-10-11(18(20)21)6-7-14(12)22-13/h6-7,10,13H,4-5,8-9H2,1-3H3. The molecule has 1 aromatic rings. The third-order valence-electron chi connectivity index (χ3n) is 3.61. The number of hydrogen-bond donors (Lipinski definition) is 0. The Kier molecular flexibility index (Phi) is 4.97. The summed E-state index contributed by atoms with van der Waals surface area (Å²) in [6, 6.07) is 4.38. The number of hydrogen-bond acceptors (Lipinski definition) is 5. The minimum atomic E-state index is -0.520. The van der Waals surface area contributed by atoms with Crippen molar-refractivity contribution >= 4 is 17.3 Å². The fourth-order valence-electron chi connectivity index (χ4n) is 2.46. The molecule has 0 fully saturated rings. The van der Waals surface area contributed by atoms with Gasteiger partial charge in [-0.3, -0.25) is 14.9 Å². The fraction of sp³-hybridized carbons (Fsp3) is 0.533. The molecule has 0 spiro atoms. The van der Waals surface area contributed by atoms with Crippen molar-refractivity contribution in [3.05, 3.63) is 28.3 Å². The van der Waals surface area contributed by atoms with Crippen LogP contribution in [0.1, 0.15) is 19.8 Å². The molecule has 1 heterocycles. The molecule has 1 unspecified atom stereocenters. The van der Waals surface area contributed by atoms with Crippen LogP contribution in [0, 0.1) is 10.1 Å². The van der Waals surface area contributed by atoms with Crippen molar-refractivity contribution < 1.29 is 14.5 Å². The van der Waals surface area contributed by atoms with Gasteiger partial charge in [-0.15, -0.1) is 0 Å². The first-order valence-electron chi connectivity index (χ1n) is 7.35. The number of ether oxygens (including phenoxy) is 1. The number of carbonyl (C=O) groups excluding carboxylic acids is 1. The lowest BCUT2D eigenvalue weighted by atomic mass is 10.1. The van der Waals surface area contributed by atoms with Crippen LogP contribution in [0.5, 0.6) is 5.75 Å². The zero-order valence-corrected chi connectivity index (χ0v) is 13.1. The van der Waals surface area contributed by atoms with Crippen LogP contribution in [0.15, 0.2) is 18.2 Å². The van der Waals surface area contributed by atoms with E-state index in [4.69, 9.17) is 4.74 Å². The first kappa shape index (κ1) is 16.2. The molecule has 1 amide bonds. The van der Waals surface area contributed by atoms with E-state index in [2.05, 4.69) is 0 Å². The number of fused-ring (bicyclic) bond motifs is 1. The van der Waals surface area contributed by atoms with Crippen LogP contribution in [0.3, 0.4) is 0 Å². The molecule has 0 aromatic heterocycles. The average Bonchev–Trinajstić information content (AvgIpc) is 2.48. The van der Waals surface area contributed by atoms with E-state index in [0.717, 1.165) is 13.0 Å². The molecular formula is C15H21N3O4. The number of nitro benzene ring substituents is 1. The predicted molar refractivity (Wildman–Crippen MR) is 83.3 cm³/mol. The van der Waals surface area contributed by atoms with Crippen LogP contribution in [0.4, 0.5) is 11.4 Å². The summed E-state index contributed by atoms with van der Waals surface area (Å²) in [5.41, 5.74) is 0.449. The summed E-state index contributed by atoms with van der Waals surface area (Å²) in [7, 11) is 3.93. The Morgan fingerprint density at radius 3 is 2.73 bits per heavy atom. The van der Waals surface area contributed by atoms with Crippen LogP contribution in [0.25, 0.3) is 0 Å². The van der Waals surface area contributed by atoms with Crippen LogP contribution in [-0.4, -0.2) is 49.0 Å². The summed E-state index contributed by atoms with van der Waals surface area (Å²) in [6.07, 6.45) is 0.838. The van der Waals surface area contributed by atoms with Crippen molar-refractivity contribution in [2.24, 2.45) is 0 Å². The topological polar surface area (TPSA) is 75.9 Å². The summed E-state index contributed by atoms with van der Waals surface area (Å²) >= 11 is 0. The Labute approximate surface area is 129 Å². The average molecular weight is 307 g/mol. The number of nitro groups is 1. The van der Waals surface area contributed by atoms with Crippen LogP contribution >= 0.6 is 0 Å². The normalized spacial score (nSPS) is 17.4. The lowest BCUT2D eigenvalue weighted by molar-refractivity contribution is -0.384. The Bertz CT molecular complexity index is 574. The van der Waals surface area contributed by atoms with E-state index < -0.39 is 11.0 Å². The van der Waals surface area contributed by atoms with E-state index in [-0.39, 0.29) is 11.6 Å². The summed E-state index contributed by atoms with van der Waals surface area (Å²) in [4.78, 5) is 26.6. The fourth-order valence-corrected chi connectivity index (χ4v) is 2.46. The molecule has 7 nitrogen and oxygen atoms in total. The third kappa shape index (κ3) is 3.36. The molecule has 1 aromatic carbocycles. The molecule has 1 aliphatic heterocycles. The molecule has 0 saturated carbocycles. The van der Waals surface area contributed by atoms with Gasteiger partial charge in [0.15, 0.2) is 6.10 Å². The zero-order chi connectivity index (χ0) is 16.3. The van der Waals surface area contributed by atoms with E-state index in [1.807, 2.05) is 25.9 Å². The third-order valence-corrected chi connectivity index (χ3v) is 3.61. The van der Waals surface area contributed by atoms with Gasteiger partial charge in [0.05, 0.1) is 10.6 Å². The van der Waals surface area contributed by atoms with Gasteiger partial charge >= 0.3 is 0 Å². The van der Waals surface area contributed by atoms with Crippen molar-refractivity contribution in [3.63, 3.8) is 0 Å². The van der Waals surface area contributed by atoms with Crippen molar-refractivity contribution in [2.45, 2.75) is 25.9 Å². The quantitative estimate of drug-likeness (QED) is 0.594. The largest absolute Gasteiger partial charge is 0.478 e. The summed E-state index contributed by atoms with van der Waals surface area (Å²) in [5.74, 6) is 0.399. The molecule has 0 radical (unpaired) electrons. The van der Waals surface area contributed by atoms with Gasteiger partial charge in [-0.1, -0.05) is 6.92 Å². The lowest BCUT2D eigenvalue weighted by Gasteiger charge is -2.34. The smallest absolute Gasteiger partial charge is 0.271 e. The number of anilines is 1. The van der Waals surface area contributed by atoms with Gasteiger partial charge in [0.25, 0.3) is 11.6 Å². The molecule has 0 aliphatic carbocycles. The Hall–Kier alpha value is -2.15. The second-order valence-electron chi connectivity index (χ2n) is 5.57. The number of amides is 1. The van der Waals surface area contributed by atoms with Crippen molar-refractivity contribution in [2.75, 3.05) is 32.1 Å². The summed E-state index contributed by atoms with van der Waals surface area (Å²) < 4.78 is 5.66. The van der Waals surface area contributed by atoms with Gasteiger partial charge in [0.1, 0.15) is 5.75 Å².